The van der Waals surface area contributed by atoms with Crippen molar-refractivity contribution >= 4 is 35.1 Å². The van der Waals surface area contributed by atoms with Crippen LogP contribution >= 0.6 is 23.2 Å². The highest BCUT2D eigenvalue weighted by Gasteiger charge is 2.20. The Morgan fingerprint density at radius 2 is 1.83 bits per heavy atom. The maximum absolute atomic E-state index is 11.9. The summed E-state index contributed by atoms with van der Waals surface area (Å²) in [6.45, 7) is 7.03. The summed E-state index contributed by atoms with van der Waals surface area (Å²) in [6, 6.07) is 4.67. The Kier molecular flexibility index (Phi) is 7.65. The van der Waals surface area contributed by atoms with Crippen LogP contribution in [0.15, 0.2) is 18.2 Å². The van der Waals surface area contributed by atoms with Crippen LogP contribution in [0.25, 0.3) is 0 Å². The van der Waals surface area contributed by atoms with Gasteiger partial charge in [-0.1, -0.05) is 37.0 Å². The molecular weight excluding hydrogens is 341 g/mol. The third-order valence-corrected chi connectivity index (χ3v) is 3.79. The van der Waals surface area contributed by atoms with E-state index in [0.29, 0.717) is 21.7 Å². The van der Waals surface area contributed by atoms with Gasteiger partial charge in [0.1, 0.15) is 5.75 Å². The second kappa shape index (κ2) is 8.99. The van der Waals surface area contributed by atoms with Gasteiger partial charge in [-0.15, -0.1) is 0 Å². The molecule has 0 aliphatic heterocycles. The zero-order valence-corrected chi connectivity index (χ0v) is 15.1. The number of hydrogen-bond donors (Lipinski definition) is 1. The van der Waals surface area contributed by atoms with Crippen LogP contribution in [-0.2, 0) is 14.3 Å². The van der Waals surface area contributed by atoms with Crippen LogP contribution in [0.3, 0.4) is 0 Å². The number of esters is 1. The average Bonchev–Trinajstić information content (AvgIpc) is 2.47. The summed E-state index contributed by atoms with van der Waals surface area (Å²) in [7, 11) is 0. The molecule has 0 heterocycles. The minimum absolute atomic E-state index is 0.00255. The van der Waals surface area contributed by atoms with Crippen LogP contribution in [0, 0.1) is 5.92 Å². The molecule has 1 N–H and O–H groups in total. The molecule has 0 saturated carbocycles. The van der Waals surface area contributed by atoms with Gasteiger partial charge in [-0.2, -0.15) is 0 Å². The SMILES string of the molecule is CC(C)[C@H](C)NC(=O)COC(=O)[C@H](C)Oc1ccc(Cl)cc1Cl. The minimum atomic E-state index is -0.899. The molecule has 0 aromatic heterocycles. The third kappa shape index (κ3) is 6.67. The van der Waals surface area contributed by atoms with Crippen LogP contribution in [0.4, 0.5) is 0 Å². The molecular formula is C16H21Cl2NO4. The number of halogens is 2. The summed E-state index contributed by atoms with van der Waals surface area (Å²) in [5.74, 6) is -0.387. The number of rotatable bonds is 7. The van der Waals surface area contributed by atoms with Gasteiger partial charge in [-0.25, -0.2) is 4.79 Å². The number of nitrogens with one attached hydrogen (secondary N) is 1. The Bertz CT molecular complexity index is 563. The molecule has 128 valence electrons. The van der Waals surface area contributed by atoms with E-state index < -0.39 is 12.1 Å². The van der Waals surface area contributed by atoms with Crippen LogP contribution in [-0.4, -0.2) is 30.6 Å². The van der Waals surface area contributed by atoms with Gasteiger partial charge in [0.15, 0.2) is 12.7 Å². The second-order valence-electron chi connectivity index (χ2n) is 5.54. The van der Waals surface area contributed by atoms with Crippen molar-refractivity contribution in [2.24, 2.45) is 5.92 Å². The number of hydrogen-bond acceptors (Lipinski definition) is 4. The first kappa shape index (κ1) is 19.6. The minimum Gasteiger partial charge on any atom is -0.477 e. The van der Waals surface area contributed by atoms with Crippen LogP contribution in [0.5, 0.6) is 5.75 Å². The van der Waals surface area contributed by atoms with E-state index in [2.05, 4.69) is 5.32 Å². The second-order valence-corrected chi connectivity index (χ2v) is 6.39. The molecule has 7 heteroatoms. The predicted octanol–water partition coefficient (Wildman–Crippen LogP) is 3.46. The van der Waals surface area contributed by atoms with Gasteiger partial charge in [-0.05, 0) is 38.0 Å². The van der Waals surface area contributed by atoms with Gasteiger partial charge in [-0.3, -0.25) is 4.79 Å². The predicted molar refractivity (Wildman–Crippen MR) is 90.0 cm³/mol. The Morgan fingerprint density at radius 3 is 2.39 bits per heavy atom. The van der Waals surface area contributed by atoms with Crippen molar-refractivity contribution in [3.63, 3.8) is 0 Å². The van der Waals surface area contributed by atoms with E-state index in [1.165, 1.54) is 13.0 Å². The van der Waals surface area contributed by atoms with Gasteiger partial charge in [0.25, 0.3) is 5.91 Å². The molecule has 1 aromatic rings. The lowest BCUT2D eigenvalue weighted by molar-refractivity contribution is -0.154. The van der Waals surface area contributed by atoms with Crippen LogP contribution in [0.2, 0.25) is 10.0 Å². The Balaban J connectivity index is 2.46. The van der Waals surface area contributed by atoms with E-state index in [4.69, 9.17) is 32.7 Å². The normalized spacial score (nSPS) is 13.3. The zero-order chi connectivity index (χ0) is 17.6. The molecule has 0 fully saturated rings. The van der Waals surface area contributed by atoms with Crippen molar-refractivity contribution < 1.29 is 19.1 Å². The molecule has 0 aliphatic carbocycles. The number of ether oxygens (including phenoxy) is 2. The number of carbonyl (C=O) groups is 2. The van der Waals surface area contributed by atoms with Gasteiger partial charge < -0.3 is 14.8 Å². The number of carbonyl (C=O) groups excluding carboxylic acids is 2. The quantitative estimate of drug-likeness (QED) is 0.755. The maximum Gasteiger partial charge on any atom is 0.347 e. The topological polar surface area (TPSA) is 64.6 Å². The smallest absolute Gasteiger partial charge is 0.347 e. The monoisotopic (exact) mass is 361 g/mol. The van der Waals surface area contributed by atoms with Gasteiger partial charge in [0, 0.05) is 11.1 Å². The largest absolute Gasteiger partial charge is 0.477 e. The van der Waals surface area contributed by atoms with Crippen molar-refractivity contribution in [2.75, 3.05) is 6.61 Å². The molecule has 1 amide bonds. The molecule has 0 aliphatic rings. The highest BCUT2D eigenvalue weighted by atomic mass is 35.5. The molecule has 1 aromatic carbocycles. The van der Waals surface area contributed by atoms with Gasteiger partial charge in [0.2, 0.25) is 0 Å². The summed E-state index contributed by atoms with van der Waals surface area (Å²) in [4.78, 5) is 23.5. The zero-order valence-electron chi connectivity index (χ0n) is 13.6. The first-order valence-electron chi connectivity index (χ1n) is 7.28. The molecule has 1 rings (SSSR count). The van der Waals surface area contributed by atoms with Crippen molar-refractivity contribution in [1.29, 1.82) is 0 Å². The fraction of sp³-hybridized carbons (Fsp3) is 0.500. The number of benzene rings is 1. The summed E-state index contributed by atoms with van der Waals surface area (Å²) < 4.78 is 10.4. The lowest BCUT2D eigenvalue weighted by atomic mass is 10.1. The fourth-order valence-electron chi connectivity index (χ4n) is 1.53. The van der Waals surface area contributed by atoms with Crippen LogP contribution < -0.4 is 10.1 Å². The lowest BCUT2D eigenvalue weighted by Gasteiger charge is -2.18. The third-order valence-electron chi connectivity index (χ3n) is 3.26. The Morgan fingerprint density at radius 1 is 1.17 bits per heavy atom. The highest BCUT2D eigenvalue weighted by Crippen LogP contribution is 2.28. The van der Waals surface area contributed by atoms with Gasteiger partial charge >= 0.3 is 5.97 Å². The molecule has 0 saturated heterocycles. The molecule has 23 heavy (non-hydrogen) atoms. The van der Waals surface area contributed by atoms with Crippen molar-refractivity contribution in [3.05, 3.63) is 28.2 Å². The molecule has 0 radical (unpaired) electrons. The Hall–Kier alpha value is -1.46. The maximum atomic E-state index is 11.9. The van der Waals surface area contributed by atoms with E-state index in [9.17, 15) is 9.59 Å². The van der Waals surface area contributed by atoms with Crippen LogP contribution in [0.1, 0.15) is 27.7 Å². The Labute approximate surface area is 146 Å². The summed E-state index contributed by atoms with van der Waals surface area (Å²) in [6.07, 6.45) is -0.899. The fourth-order valence-corrected chi connectivity index (χ4v) is 1.98. The first-order valence-corrected chi connectivity index (χ1v) is 8.04. The lowest BCUT2D eigenvalue weighted by Crippen LogP contribution is -2.39. The first-order chi connectivity index (χ1) is 10.7. The molecule has 0 unspecified atom stereocenters. The van der Waals surface area contributed by atoms with E-state index in [0.717, 1.165) is 0 Å². The average molecular weight is 362 g/mol. The summed E-state index contributed by atoms with van der Waals surface area (Å²) in [5.41, 5.74) is 0. The van der Waals surface area contributed by atoms with Crippen molar-refractivity contribution in [1.82, 2.24) is 5.32 Å². The molecule has 5 nitrogen and oxygen atoms in total. The highest BCUT2D eigenvalue weighted by molar-refractivity contribution is 6.35. The molecule has 0 bridgehead atoms. The standard InChI is InChI=1S/C16H21Cl2NO4/c1-9(2)10(3)19-15(20)8-22-16(21)11(4)23-14-6-5-12(17)7-13(14)18/h5-7,9-11H,8H2,1-4H3,(H,19,20)/t10-,11-/m0/s1. The van der Waals surface area contributed by atoms with Gasteiger partial charge in [0.05, 0.1) is 5.02 Å². The van der Waals surface area contributed by atoms with E-state index in [1.54, 1.807) is 12.1 Å². The molecule has 0 spiro atoms. The number of amides is 1. The summed E-state index contributed by atoms with van der Waals surface area (Å²) in [5, 5.41) is 3.50. The molecule has 2 atom stereocenters. The van der Waals surface area contributed by atoms with E-state index in [-0.39, 0.29) is 18.6 Å². The van der Waals surface area contributed by atoms with E-state index in [1.807, 2.05) is 20.8 Å². The van der Waals surface area contributed by atoms with Crippen molar-refractivity contribution in [2.45, 2.75) is 39.8 Å². The summed E-state index contributed by atoms with van der Waals surface area (Å²) >= 11 is 11.8. The van der Waals surface area contributed by atoms with E-state index >= 15 is 0 Å². The van der Waals surface area contributed by atoms with Crippen molar-refractivity contribution in [3.8, 4) is 5.75 Å².